The minimum atomic E-state index is -0.818. The SMILES string of the molecule is O=C(NC(C(=O)NC[C@H]1C[C@H]1C(=O)O)C1CCC1)OCC1c2ccccc2-c2ccccc21. The molecule has 172 valence electrons. The second-order valence-corrected chi connectivity index (χ2v) is 9.32. The van der Waals surface area contributed by atoms with Crippen LogP contribution in [0.4, 0.5) is 4.79 Å². The highest BCUT2D eigenvalue weighted by Crippen LogP contribution is 2.44. The highest BCUT2D eigenvalue weighted by molar-refractivity contribution is 5.86. The highest BCUT2D eigenvalue weighted by atomic mass is 16.5. The molecule has 3 atom stereocenters. The number of amides is 2. The fourth-order valence-electron chi connectivity index (χ4n) is 5.05. The number of hydrogen-bond acceptors (Lipinski definition) is 4. The Bertz CT molecular complexity index is 1030. The maximum Gasteiger partial charge on any atom is 0.407 e. The third-order valence-corrected chi connectivity index (χ3v) is 7.30. The molecule has 2 aromatic carbocycles. The van der Waals surface area contributed by atoms with Crippen molar-refractivity contribution in [3.8, 4) is 11.1 Å². The molecule has 5 rings (SSSR count). The number of ether oxygens (including phenoxy) is 1. The average Bonchev–Trinajstić information content (AvgIpc) is 3.50. The molecule has 0 spiro atoms. The number of nitrogens with one attached hydrogen (secondary N) is 2. The van der Waals surface area contributed by atoms with Gasteiger partial charge < -0.3 is 20.5 Å². The predicted molar refractivity (Wildman–Crippen MR) is 122 cm³/mol. The molecule has 0 bridgehead atoms. The van der Waals surface area contributed by atoms with Crippen molar-refractivity contribution in [2.45, 2.75) is 37.6 Å². The zero-order valence-corrected chi connectivity index (χ0v) is 18.3. The summed E-state index contributed by atoms with van der Waals surface area (Å²) < 4.78 is 5.62. The van der Waals surface area contributed by atoms with E-state index in [2.05, 4.69) is 34.9 Å². The molecular formula is C26H28N2O5. The van der Waals surface area contributed by atoms with Gasteiger partial charge >= 0.3 is 12.1 Å². The molecule has 0 aliphatic heterocycles. The number of rotatable bonds is 8. The zero-order valence-electron chi connectivity index (χ0n) is 18.3. The topological polar surface area (TPSA) is 105 Å². The molecule has 2 saturated carbocycles. The summed E-state index contributed by atoms with van der Waals surface area (Å²) >= 11 is 0. The highest BCUT2D eigenvalue weighted by Gasteiger charge is 2.44. The fourth-order valence-corrected chi connectivity index (χ4v) is 5.05. The normalized spacial score (nSPS) is 21.8. The van der Waals surface area contributed by atoms with Crippen LogP contribution in [-0.2, 0) is 14.3 Å². The maximum atomic E-state index is 12.8. The number of carboxylic acids is 1. The van der Waals surface area contributed by atoms with Crippen molar-refractivity contribution >= 4 is 18.0 Å². The van der Waals surface area contributed by atoms with Gasteiger partial charge in [-0.3, -0.25) is 9.59 Å². The third-order valence-electron chi connectivity index (χ3n) is 7.30. The van der Waals surface area contributed by atoms with Gasteiger partial charge in [0.2, 0.25) is 5.91 Å². The second-order valence-electron chi connectivity index (χ2n) is 9.32. The van der Waals surface area contributed by atoms with E-state index in [9.17, 15) is 14.4 Å². The Kier molecular flexibility index (Phi) is 5.79. The van der Waals surface area contributed by atoms with Crippen LogP contribution in [0.2, 0.25) is 0 Å². The summed E-state index contributed by atoms with van der Waals surface area (Å²) in [5.74, 6) is -1.43. The van der Waals surface area contributed by atoms with Gasteiger partial charge in [0.15, 0.2) is 0 Å². The van der Waals surface area contributed by atoms with Crippen LogP contribution in [0.5, 0.6) is 0 Å². The molecule has 3 aliphatic rings. The van der Waals surface area contributed by atoms with E-state index in [1.807, 2.05) is 24.3 Å². The summed E-state index contributed by atoms with van der Waals surface area (Å²) in [5, 5.41) is 14.7. The second kappa shape index (κ2) is 8.89. The van der Waals surface area contributed by atoms with Crippen molar-refractivity contribution in [2.75, 3.05) is 13.2 Å². The summed E-state index contributed by atoms with van der Waals surface area (Å²) in [7, 11) is 0. The van der Waals surface area contributed by atoms with Gasteiger partial charge in [0, 0.05) is 12.5 Å². The Hall–Kier alpha value is -3.35. The fraction of sp³-hybridized carbons (Fsp3) is 0.423. The van der Waals surface area contributed by atoms with Crippen LogP contribution in [0.1, 0.15) is 42.7 Å². The van der Waals surface area contributed by atoms with E-state index in [0.717, 1.165) is 41.5 Å². The van der Waals surface area contributed by atoms with Gasteiger partial charge in [-0.15, -0.1) is 0 Å². The first-order valence-electron chi connectivity index (χ1n) is 11.6. The summed E-state index contributed by atoms with van der Waals surface area (Å²) in [5.41, 5.74) is 4.59. The third kappa shape index (κ3) is 4.32. The predicted octanol–water partition coefficient (Wildman–Crippen LogP) is 3.53. The van der Waals surface area contributed by atoms with Crippen molar-refractivity contribution in [2.24, 2.45) is 17.8 Å². The van der Waals surface area contributed by atoms with E-state index >= 15 is 0 Å². The van der Waals surface area contributed by atoms with Crippen LogP contribution >= 0.6 is 0 Å². The molecule has 1 unspecified atom stereocenters. The number of carbonyl (C=O) groups is 3. The molecule has 2 aromatic rings. The number of alkyl carbamates (subject to hydrolysis) is 1. The summed E-state index contributed by atoms with van der Waals surface area (Å²) in [4.78, 5) is 36.5. The van der Waals surface area contributed by atoms with E-state index in [4.69, 9.17) is 9.84 Å². The molecule has 7 nitrogen and oxygen atoms in total. The lowest BCUT2D eigenvalue weighted by atomic mass is 9.79. The first-order valence-corrected chi connectivity index (χ1v) is 11.6. The van der Waals surface area contributed by atoms with Crippen molar-refractivity contribution in [3.63, 3.8) is 0 Å². The van der Waals surface area contributed by atoms with Crippen LogP contribution in [-0.4, -0.2) is 42.3 Å². The zero-order chi connectivity index (χ0) is 22.9. The minimum Gasteiger partial charge on any atom is -0.481 e. The van der Waals surface area contributed by atoms with Crippen molar-refractivity contribution in [3.05, 3.63) is 59.7 Å². The standard InChI is InChI=1S/C26H28N2O5/c29-24(27-13-16-12-21(16)25(30)31)23(15-6-5-7-15)28-26(32)33-14-22-19-10-3-1-8-17(19)18-9-2-4-11-20(18)22/h1-4,8-11,15-16,21-23H,5-7,12-14H2,(H,27,29)(H,28,32)(H,30,31)/t16-,21-,23?/m1/s1. The summed E-state index contributed by atoms with van der Waals surface area (Å²) in [6.45, 7) is 0.520. The largest absolute Gasteiger partial charge is 0.481 e. The molecule has 2 amide bonds. The summed E-state index contributed by atoms with van der Waals surface area (Å²) in [6, 6.07) is 15.6. The Labute approximate surface area is 192 Å². The monoisotopic (exact) mass is 448 g/mol. The van der Waals surface area contributed by atoms with Crippen LogP contribution in [0.25, 0.3) is 11.1 Å². The Morgan fingerprint density at radius 2 is 1.64 bits per heavy atom. The number of benzene rings is 2. The van der Waals surface area contributed by atoms with Crippen LogP contribution in [0.3, 0.4) is 0 Å². The summed E-state index contributed by atoms with van der Waals surface area (Å²) in [6.07, 6.45) is 2.78. The van der Waals surface area contributed by atoms with Gasteiger partial charge in [-0.05, 0) is 53.4 Å². The van der Waals surface area contributed by atoms with E-state index in [1.165, 1.54) is 0 Å². The molecule has 3 N–H and O–H groups in total. The van der Waals surface area contributed by atoms with E-state index in [1.54, 1.807) is 0 Å². The van der Waals surface area contributed by atoms with Crippen molar-refractivity contribution < 1.29 is 24.2 Å². The number of fused-ring (bicyclic) bond motifs is 3. The van der Waals surface area contributed by atoms with Gasteiger partial charge in [0.05, 0.1) is 5.92 Å². The quantitative estimate of drug-likeness (QED) is 0.573. The number of carbonyl (C=O) groups excluding carboxylic acids is 2. The maximum absolute atomic E-state index is 12.8. The Morgan fingerprint density at radius 1 is 1.00 bits per heavy atom. The lowest BCUT2D eigenvalue weighted by molar-refractivity contribution is -0.139. The number of carboxylic acid groups (broad SMARTS) is 1. The first-order chi connectivity index (χ1) is 16.0. The lowest BCUT2D eigenvalue weighted by Gasteiger charge is -2.33. The van der Waals surface area contributed by atoms with E-state index in [-0.39, 0.29) is 36.2 Å². The van der Waals surface area contributed by atoms with Crippen LogP contribution in [0, 0.1) is 17.8 Å². The van der Waals surface area contributed by atoms with Gasteiger partial charge in [-0.25, -0.2) is 4.79 Å². The van der Waals surface area contributed by atoms with Crippen molar-refractivity contribution in [1.29, 1.82) is 0 Å². The molecular weight excluding hydrogens is 420 g/mol. The first kappa shape index (κ1) is 21.5. The van der Waals surface area contributed by atoms with Crippen molar-refractivity contribution in [1.82, 2.24) is 10.6 Å². The Balaban J connectivity index is 1.19. The smallest absolute Gasteiger partial charge is 0.407 e. The van der Waals surface area contributed by atoms with Gasteiger partial charge in [0.25, 0.3) is 0 Å². The van der Waals surface area contributed by atoms with Gasteiger partial charge in [-0.2, -0.15) is 0 Å². The Morgan fingerprint density at radius 3 is 2.18 bits per heavy atom. The molecule has 7 heteroatoms. The van der Waals surface area contributed by atoms with Crippen LogP contribution in [0.15, 0.2) is 48.5 Å². The average molecular weight is 449 g/mol. The van der Waals surface area contributed by atoms with Gasteiger partial charge in [-0.1, -0.05) is 55.0 Å². The van der Waals surface area contributed by atoms with Crippen LogP contribution < -0.4 is 10.6 Å². The van der Waals surface area contributed by atoms with E-state index in [0.29, 0.717) is 13.0 Å². The number of hydrogen-bond donors (Lipinski definition) is 3. The van der Waals surface area contributed by atoms with E-state index < -0.39 is 18.1 Å². The minimum absolute atomic E-state index is 0.0251. The molecule has 3 aliphatic carbocycles. The molecule has 0 aromatic heterocycles. The molecule has 0 radical (unpaired) electrons. The molecule has 2 fully saturated rings. The molecule has 33 heavy (non-hydrogen) atoms. The molecule has 0 saturated heterocycles. The molecule has 0 heterocycles. The van der Waals surface area contributed by atoms with Gasteiger partial charge in [0.1, 0.15) is 12.6 Å². The lowest BCUT2D eigenvalue weighted by Crippen LogP contribution is -2.53. The number of aliphatic carboxylic acids is 1.